The highest BCUT2D eigenvalue weighted by atomic mass is 16.5. The van der Waals surface area contributed by atoms with E-state index in [0.29, 0.717) is 12.5 Å². The second-order valence-corrected chi connectivity index (χ2v) is 6.23. The van der Waals surface area contributed by atoms with Crippen LogP contribution in [0, 0.1) is 5.92 Å². The van der Waals surface area contributed by atoms with Gasteiger partial charge in [0.25, 0.3) is 5.91 Å². The molecule has 0 spiro atoms. The molecule has 1 aromatic rings. The minimum atomic E-state index is -0.0317. The summed E-state index contributed by atoms with van der Waals surface area (Å²) in [7, 11) is 0. The topological polar surface area (TPSA) is 55.6 Å². The number of nitrogens with two attached hydrogens (primary N) is 1. The van der Waals surface area contributed by atoms with E-state index in [1.807, 2.05) is 18.2 Å². The highest BCUT2D eigenvalue weighted by Gasteiger charge is 2.27. The molecule has 0 aromatic heterocycles. The zero-order valence-electron chi connectivity index (χ0n) is 13.0. The van der Waals surface area contributed by atoms with Crippen LogP contribution < -0.4 is 15.4 Å². The lowest BCUT2D eigenvalue weighted by molar-refractivity contribution is -0.121. The molecule has 1 atom stereocenters. The van der Waals surface area contributed by atoms with Crippen LogP contribution in [0.25, 0.3) is 0 Å². The number of amides is 1. The summed E-state index contributed by atoms with van der Waals surface area (Å²) in [5.41, 5.74) is 8.41. The first kappa shape index (κ1) is 15.1. The Hall–Kier alpha value is -1.81. The van der Waals surface area contributed by atoms with E-state index in [1.165, 1.54) is 32.1 Å². The SMILES string of the molecule is C=CCN1C(=O)COc2ccc(C(N)C3CCCCC3)cc21. The van der Waals surface area contributed by atoms with E-state index in [-0.39, 0.29) is 18.6 Å². The smallest absolute Gasteiger partial charge is 0.265 e. The van der Waals surface area contributed by atoms with Crippen molar-refractivity contribution in [1.82, 2.24) is 0 Å². The molecular formula is C18H24N2O2. The molecule has 1 heterocycles. The van der Waals surface area contributed by atoms with Crippen LogP contribution in [0.5, 0.6) is 5.75 Å². The lowest BCUT2D eigenvalue weighted by atomic mass is 9.81. The van der Waals surface area contributed by atoms with Gasteiger partial charge in [-0.25, -0.2) is 0 Å². The fraction of sp³-hybridized carbons (Fsp3) is 0.500. The first-order valence-electron chi connectivity index (χ1n) is 8.14. The molecule has 1 amide bonds. The first-order valence-corrected chi connectivity index (χ1v) is 8.14. The second-order valence-electron chi connectivity index (χ2n) is 6.23. The number of ether oxygens (including phenoxy) is 1. The summed E-state index contributed by atoms with van der Waals surface area (Å²) in [6, 6.07) is 6.04. The summed E-state index contributed by atoms with van der Waals surface area (Å²) in [5, 5.41) is 0. The summed E-state index contributed by atoms with van der Waals surface area (Å²) in [6.45, 7) is 4.32. The number of rotatable bonds is 4. The Kier molecular flexibility index (Phi) is 4.48. The van der Waals surface area contributed by atoms with Crippen molar-refractivity contribution in [3.63, 3.8) is 0 Å². The molecule has 1 fully saturated rings. The number of hydrogen-bond donors (Lipinski definition) is 1. The van der Waals surface area contributed by atoms with Crippen LogP contribution in [-0.2, 0) is 4.79 Å². The van der Waals surface area contributed by atoms with E-state index in [4.69, 9.17) is 10.5 Å². The Bertz CT molecular complexity index is 564. The fourth-order valence-electron chi connectivity index (χ4n) is 3.52. The van der Waals surface area contributed by atoms with Crippen molar-refractivity contribution >= 4 is 11.6 Å². The third kappa shape index (κ3) is 2.88. The predicted octanol–water partition coefficient (Wildman–Crippen LogP) is 3.18. The number of benzene rings is 1. The zero-order valence-corrected chi connectivity index (χ0v) is 13.0. The Balaban J connectivity index is 1.88. The van der Waals surface area contributed by atoms with Crippen LogP contribution >= 0.6 is 0 Å². The number of carbonyl (C=O) groups excluding carboxylic acids is 1. The molecule has 22 heavy (non-hydrogen) atoms. The number of fused-ring (bicyclic) bond motifs is 1. The molecule has 0 bridgehead atoms. The molecule has 4 heteroatoms. The average Bonchev–Trinajstić information content (AvgIpc) is 2.57. The zero-order chi connectivity index (χ0) is 15.5. The van der Waals surface area contributed by atoms with Gasteiger partial charge in [-0.1, -0.05) is 31.4 Å². The summed E-state index contributed by atoms with van der Waals surface area (Å²) in [6.07, 6.45) is 8.00. The van der Waals surface area contributed by atoms with Crippen molar-refractivity contribution in [2.45, 2.75) is 38.1 Å². The highest BCUT2D eigenvalue weighted by Crippen LogP contribution is 2.38. The lowest BCUT2D eigenvalue weighted by Gasteiger charge is -2.31. The monoisotopic (exact) mass is 300 g/mol. The van der Waals surface area contributed by atoms with Crippen molar-refractivity contribution in [1.29, 1.82) is 0 Å². The Morgan fingerprint density at radius 1 is 1.36 bits per heavy atom. The van der Waals surface area contributed by atoms with E-state index in [1.54, 1.807) is 11.0 Å². The highest BCUT2D eigenvalue weighted by molar-refractivity contribution is 5.98. The lowest BCUT2D eigenvalue weighted by Crippen LogP contribution is -2.39. The maximum atomic E-state index is 12.1. The number of anilines is 1. The number of hydrogen-bond acceptors (Lipinski definition) is 3. The van der Waals surface area contributed by atoms with E-state index in [9.17, 15) is 4.79 Å². The van der Waals surface area contributed by atoms with Crippen molar-refractivity contribution < 1.29 is 9.53 Å². The van der Waals surface area contributed by atoms with E-state index < -0.39 is 0 Å². The molecule has 118 valence electrons. The van der Waals surface area contributed by atoms with Crippen LogP contribution in [0.3, 0.4) is 0 Å². The first-order chi connectivity index (χ1) is 10.7. The molecule has 4 nitrogen and oxygen atoms in total. The Labute approximate surface area is 131 Å². The average molecular weight is 300 g/mol. The van der Waals surface area contributed by atoms with Crippen LogP contribution in [0.1, 0.15) is 43.7 Å². The van der Waals surface area contributed by atoms with Gasteiger partial charge in [0.05, 0.1) is 5.69 Å². The molecule has 1 aliphatic heterocycles. The van der Waals surface area contributed by atoms with Gasteiger partial charge in [0.1, 0.15) is 5.75 Å². The second kappa shape index (κ2) is 6.53. The molecule has 1 saturated carbocycles. The van der Waals surface area contributed by atoms with Crippen molar-refractivity contribution in [3.8, 4) is 5.75 Å². The van der Waals surface area contributed by atoms with Gasteiger partial charge in [-0.15, -0.1) is 6.58 Å². The molecule has 1 aromatic carbocycles. The quantitative estimate of drug-likeness (QED) is 0.869. The van der Waals surface area contributed by atoms with Crippen LogP contribution in [-0.4, -0.2) is 19.1 Å². The van der Waals surface area contributed by atoms with Crippen molar-refractivity contribution in [2.24, 2.45) is 11.7 Å². The summed E-state index contributed by atoms with van der Waals surface area (Å²) < 4.78 is 5.53. The van der Waals surface area contributed by atoms with E-state index in [2.05, 4.69) is 6.58 Å². The summed E-state index contributed by atoms with van der Waals surface area (Å²) >= 11 is 0. The number of carbonyl (C=O) groups is 1. The van der Waals surface area contributed by atoms with Gasteiger partial charge in [0, 0.05) is 12.6 Å². The van der Waals surface area contributed by atoms with Crippen molar-refractivity contribution in [3.05, 3.63) is 36.4 Å². The third-order valence-electron chi connectivity index (χ3n) is 4.78. The molecule has 1 unspecified atom stereocenters. The maximum Gasteiger partial charge on any atom is 0.265 e. The largest absolute Gasteiger partial charge is 0.482 e. The Morgan fingerprint density at radius 3 is 2.86 bits per heavy atom. The molecule has 2 N–H and O–H groups in total. The van der Waals surface area contributed by atoms with Gasteiger partial charge < -0.3 is 15.4 Å². The van der Waals surface area contributed by atoms with Gasteiger partial charge in [-0.05, 0) is 36.5 Å². The normalized spacial score (nSPS) is 20.2. The standard InChI is InChI=1S/C18H24N2O2/c1-2-10-20-15-11-14(8-9-16(15)22-12-17(20)21)18(19)13-6-4-3-5-7-13/h2,8-9,11,13,18H,1,3-7,10,12,19H2. The molecule has 1 aliphatic carbocycles. The van der Waals surface area contributed by atoms with Gasteiger partial charge in [-0.2, -0.15) is 0 Å². The third-order valence-corrected chi connectivity index (χ3v) is 4.78. The van der Waals surface area contributed by atoms with Gasteiger partial charge in [0.15, 0.2) is 6.61 Å². The number of nitrogens with zero attached hydrogens (tertiary/aromatic N) is 1. The van der Waals surface area contributed by atoms with Gasteiger partial charge in [0.2, 0.25) is 0 Å². The van der Waals surface area contributed by atoms with Crippen molar-refractivity contribution in [2.75, 3.05) is 18.1 Å². The van der Waals surface area contributed by atoms with Crippen LogP contribution in [0.2, 0.25) is 0 Å². The molecule has 2 aliphatic rings. The van der Waals surface area contributed by atoms with E-state index in [0.717, 1.165) is 17.0 Å². The molecule has 0 saturated heterocycles. The molecule has 3 rings (SSSR count). The summed E-state index contributed by atoms with van der Waals surface area (Å²) in [4.78, 5) is 13.8. The van der Waals surface area contributed by atoms with Gasteiger partial charge in [-0.3, -0.25) is 4.79 Å². The van der Waals surface area contributed by atoms with Crippen LogP contribution in [0.4, 0.5) is 5.69 Å². The van der Waals surface area contributed by atoms with Crippen LogP contribution in [0.15, 0.2) is 30.9 Å². The molecule has 0 radical (unpaired) electrons. The van der Waals surface area contributed by atoms with E-state index >= 15 is 0 Å². The summed E-state index contributed by atoms with van der Waals surface area (Å²) in [5.74, 6) is 1.26. The maximum absolute atomic E-state index is 12.1. The molecular weight excluding hydrogens is 276 g/mol. The van der Waals surface area contributed by atoms with Gasteiger partial charge >= 0.3 is 0 Å². The fourth-order valence-corrected chi connectivity index (χ4v) is 3.52. The Morgan fingerprint density at radius 2 is 2.14 bits per heavy atom. The predicted molar refractivity (Wildman–Crippen MR) is 88.0 cm³/mol. The minimum Gasteiger partial charge on any atom is -0.482 e. The minimum absolute atomic E-state index is 0.0317.